The SMILES string of the molecule is CCCCCCCCOc1ccc([C@H]2CC[C@H](CCCC)CC2=O)cc1. The number of benzene rings is 1. The maximum atomic E-state index is 12.5. The standard InChI is InChI=1S/C24H38O2/c1-3-5-7-8-9-10-18-26-22-15-13-21(14-16-22)23-17-12-20(11-6-4-2)19-24(23)25/h13-16,20,23H,3-12,17-19H2,1-2H3/t20-,23+/m0/s1. The second kappa shape index (κ2) is 12.1. The number of ether oxygens (including phenoxy) is 1. The summed E-state index contributed by atoms with van der Waals surface area (Å²) in [6.07, 6.45) is 14.4. The van der Waals surface area contributed by atoms with Crippen LogP contribution in [-0.2, 0) is 4.79 Å². The molecule has 2 rings (SSSR count). The van der Waals surface area contributed by atoms with E-state index in [1.165, 1.54) is 63.4 Å². The minimum absolute atomic E-state index is 0.112. The van der Waals surface area contributed by atoms with Crippen molar-refractivity contribution in [1.29, 1.82) is 0 Å². The third-order valence-electron chi connectivity index (χ3n) is 5.76. The monoisotopic (exact) mass is 358 g/mol. The topological polar surface area (TPSA) is 26.3 Å². The van der Waals surface area contributed by atoms with Crippen LogP contribution in [0.2, 0.25) is 0 Å². The van der Waals surface area contributed by atoms with Crippen molar-refractivity contribution in [3.05, 3.63) is 29.8 Å². The minimum atomic E-state index is 0.112. The summed E-state index contributed by atoms with van der Waals surface area (Å²) in [4.78, 5) is 12.5. The van der Waals surface area contributed by atoms with Gasteiger partial charge in [-0.05, 0) is 42.9 Å². The van der Waals surface area contributed by atoms with Crippen molar-refractivity contribution in [3.8, 4) is 5.75 Å². The molecule has 2 nitrogen and oxygen atoms in total. The fourth-order valence-electron chi connectivity index (χ4n) is 4.05. The first-order valence-electron chi connectivity index (χ1n) is 11.0. The zero-order chi connectivity index (χ0) is 18.6. The summed E-state index contributed by atoms with van der Waals surface area (Å²) >= 11 is 0. The predicted molar refractivity (Wildman–Crippen MR) is 110 cm³/mol. The molecule has 1 aromatic rings. The molecule has 26 heavy (non-hydrogen) atoms. The van der Waals surface area contributed by atoms with Gasteiger partial charge in [0.05, 0.1) is 6.61 Å². The molecular weight excluding hydrogens is 320 g/mol. The van der Waals surface area contributed by atoms with E-state index in [-0.39, 0.29) is 5.92 Å². The molecule has 0 aliphatic heterocycles. The Labute approximate surface area is 160 Å². The van der Waals surface area contributed by atoms with E-state index in [0.29, 0.717) is 11.7 Å². The number of hydrogen-bond acceptors (Lipinski definition) is 2. The Hall–Kier alpha value is -1.31. The molecule has 1 saturated carbocycles. The quantitative estimate of drug-likeness (QED) is 0.373. The van der Waals surface area contributed by atoms with Crippen LogP contribution in [0.3, 0.4) is 0 Å². The summed E-state index contributed by atoms with van der Waals surface area (Å²) in [6, 6.07) is 8.29. The highest BCUT2D eigenvalue weighted by atomic mass is 16.5. The Morgan fingerprint density at radius 2 is 1.58 bits per heavy atom. The second-order valence-corrected chi connectivity index (χ2v) is 7.99. The van der Waals surface area contributed by atoms with Gasteiger partial charge in [0.1, 0.15) is 11.5 Å². The minimum Gasteiger partial charge on any atom is -0.494 e. The summed E-state index contributed by atoms with van der Waals surface area (Å²) in [5.41, 5.74) is 1.18. The van der Waals surface area contributed by atoms with Gasteiger partial charge in [-0.2, -0.15) is 0 Å². The number of rotatable bonds is 12. The van der Waals surface area contributed by atoms with Gasteiger partial charge in [0.15, 0.2) is 0 Å². The Morgan fingerprint density at radius 3 is 2.27 bits per heavy atom. The van der Waals surface area contributed by atoms with Crippen LogP contribution in [-0.4, -0.2) is 12.4 Å². The molecule has 1 fully saturated rings. The molecular formula is C24H38O2. The predicted octanol–water partition coefficient (Wildman–Crippen LogP) is 7.07. The van der Waals surface area contributed by atoms with Crippen LogP contribution in [0.4, 0.5) is 0 Å². The number of hydrogen-bond donors (Lipinski definition) is 0. The van der Waals surface area contributed by atoms with Crippen molar-refractivity contribution in [2.45, 2.75) is 96.8 Å². The third kappa shape index (κ3) is 7.13. The van der Waals surface area contributed by atoms with Gasteiger partial charge in [-0.3, -0.25) is 4.79 Å². The Balaban J connectivity index is 1.71. The fourth-order valence-corrected chi connectivity index (χ4v) is 4.05. The van der Waals surface area contributed by atoms with Gasteiger partial charge in [0, 0.05) is 12.3 Å². The molecule has 1 aromatic carbocycles. The van der Waals surface area contributed by atoms with Crippen molar-refractivity contribution >= 4 is 5.78 Å². The van der Waals surface area contributed by atoms with Crippen molar-refractivity contribution in [3.63, 3.8) is 0 Å². The van der Waals surface area contributed by atoms with E-state index in [4.69, 9.17) is 4.74 Å². The summed E-state index contributed by atoms with van der Waals surface area (Å²) in [5, 5.41) is 0. The molecule has 0 radical (unpaired) electrons. The normalized spacial score (nSPS) is 20.3. The molecule has 0 aromatic heterocycles. The summed E-state index contributed by atoms with van der Waals surface area (Å²) in [5.74, 6) is 2.11. The fraction of sp³-hybridized carbons (Fsp3) is 0.708. The van der Waals surface area contributed by atoms with Gasteiger partial charge in [0.25, 0.3) is 0 Å². The molecule has 1 aliphatic rings. The number of carbonyl (C=O) groups is 1. The van der Waals surface area contributed by atoms with Gasteiger partial charge < -0.3 is 4.74 Å². The highest BCUT2D eigenvalue weighted by molar-refractivity contribution is 5.86. The lowest BCUT2D eigenvalue weighted by atomic mass is 9.76. The summed E-state index contributed by atoms with van der Waals surface area (Å²) in [6.45, 7) is 5.27. The van der Waals surface area contributed by atoms with E-state index in [9.17, 15) is 4.79 Å². The van der Waals surface area contributed by atoms with Crippen LogP contribution in [0.25, 0.3) is 0 Å². The van der Waals surface area contributed by atoms with Crippen LogP contribution in [0.5, 0.6) is 5.75 Å². The average Bonchev–Trinajstić information content (AvgIpc) is 2.66. The highest BCUT2D eigenvalue weighted by Gasteiger charge is 2.29. The van der Waals surface area contributed by atoms with Crippen molar-refractivity contribution in [1.82, 2.24) is 0 Å². The lowest BCUT2D eigenvalue weighted by Gasteiger charge is -2.27. The first kappa shape index (κ1) is 21.0. The summed E-state index contributed by atoms with van der Waals surface area (Å²) in [7, 11) is 0. The van der Waals surface area contributed by atoms with E-state index >= 15 is 0 Å². The van der Waals surface area contributed by atoms with Crippen molar-refractivity contribution in [2.75, 3.05) is 6.61 Å². The molecule has 0 heterocycles. The van der Waals surface area contributed by atoms with E-state index in [0.717, 1.165) is 31.6 Å². The van der Waals surface area contributed by atoms with Crippen molar-refractivity contribution < 1.29 is 9.53 Å². The summed E-state index contributed by atoms with van der Waals surface area (Å²) < 4.78 is 5.86. The molecule has 0 saturated heterocycles. The molecule has 2 heteroatoms. The largest absolute Gasteiger partial charge is 0.494 e. The van der Waals surface area contributed by atoms with Crippen LogP contribution in [0.15, 0.2) is 24.3 Å². The molecule has 2 atom stereocenters. The second-order valence-electron chi connectivity index (χ2n) is 7.99. The number of carbonyl (C=O) groups excluding carboxylic acids is 1. The molecule has 0 bridgehead atoms. The Kier molecular flexibility index (Phi) is 9.81. The molecule has 0 spiro atoms. The van der Waals surface area contributed by atoms with Crippen molar-refractivity contribution in [2.24, 2.45) is 5.92 Å². The molecule has 1 aliphatic carbocycles. The first-order chi connectivity index (χ1) is 12.7. The lowest BCUT2D eigenvalue weighted by molar-refractivity contribution is -0.123. The van der Waals surface area contributed by atoms with Gasteiger partial charge in [-0.15, -0.1) is 0 Å². The molecule has 146 valence electrons. The van der Waals surface area contributed by atoms with Crippen LogP contribution < -0.4 is 4.74 Å². The Bertz CT molecular complexity index is 505. The molecule has 0 unspecified atom stereocenters. The average molecular weight is 359 g/mol. The number of unbranched alkanes of at least 4 members (excludes halogenated alkanes) is 6. The maximum Gasteiger partial charge on any atom is 0.140 e. The van der Waals surface area contributed by atoms with Crippen LogP contribution in [0, 0.1) is 5.92 Å². The number of ketones is 1. The first-order valence-corrected chi connectivity index (χ1v) is 11.0. The maximum absolute atomic E-state index is 12.5. The van der Waals surface area contributed by atoms with Gasteiger partial charge in [-0.1, -0.05) is 77.3 Å². The molecule has 0 amide bonds. The van der Waals surface area contributed by atoms with E-state index in [1.807, 2.05) is 12.1 Å². The van der Waals surface area contributed by atoms with Gasteiger partial charge in [0.2, 0.25) is 0 Å². The highest BCUT2D eigenvalue weighted by Crippen LogP contribution is 2.35. The lowest BCUT2D eigenvalue weighted by Crippen LogP contribution is -2.23. The van der Waals surface area contributed by atoms with Gasteiger partial charge >= 0.3 is 0 Å². The smallest absolute Gasteiger partial charge is 0.140 e. The van der Waals surface area contributed by atoms with Gasteiger partial charge in [-0.25, -0.2) is 0 Å². The zero-order valence-electron chi connectivity index (χ0n) is 17.0. The van der Waals surface area contributed by atoms with Crippen LogP contribution >= 0.6 is 0 Å². The molecule has 0 N–H and O–H groups in total. The van der Waals surface area contributed by atoms with E-state index in [2.05, 4.69) is 26.0 Å². The third-order valence-corrected chi connectivity index (χ3v) is 5.76. The van der Waals surface area contributed by atoms with Crippen LogP contribution in [0.1, 0.15) is 102 Å². The van der Waals surface area contributed by atoms with E-state index in [1.54, 1.807) is 0 Å². The number of Topliss-reactive ketones (excluding diaryl/α,β-unsaturated/α-hetero) is 1. The Morgan fingerprint density at radius 1 is 0.885 bits per heavy atom. The zero-order valence-corrected chi connectivity index (χ0v) is 17.0. The van der Waals surface area contributed by atoms with E-state index < -0.39 is 0 Å².